The quantitative estimate of drug-likeness (QED) is 0.526. The SMILES string of the molecule is Cc1nn(CC(C)C)c(Cl)c1/C=C/C(=O)Nc1ccc2oc(=O)ccc2c1. The zero-order valence-electron chi connectivity index (χ0n) is 15.3. The largest absolute Gasteiger partial charge is 0.423 e. The number of aromatic nitrogens is 2. The van der Waals surface area contributed by atoms with E-state index in [2.05, 4.69) is 24.3 Å². The molecule has 1 aromatic carbocycles. The highest BCUT2D eigenvalue weighted by Crippen LogP contribution is 2.22. The van der Waals surface area contributed by atoms with E-state index in [-0.39, 0.29) is 5.91 Å². The molecule has 0 bridgehead atoms. The van der Waals surface area contributed by atoms with Crippen LogP contribution in [-0.4, -0.2) is 15.7 Å². The summed E-state index contributed by atoms with van der Waals surface area (Å²) in [7, 11) is 0. The number of halogens is 1. The Morgan fingerprint density at radius 2 is 2.11 bits per heavy atom. The van der Waals surface area contributed by atoms with E-state index in [1.807, 2.05) is 6.92 Å². The van der Waals surface area contributed by atoms with Crippen molar-refractivity contribution in [2.45, 2.75) is 27.3 Å². The van der Waals surface area contributed by atoms with E-state index >= 15 is 0 Å². The third kappa shape index (κ3) is 4.46. The first-order valence-electron chi connectivity index (χ1n) is 8.59. The summed E-state index contributed by atoms with van der Waals surface area (Å²) in [6.45, 7) is 6.75. The molecule has 0 fully saturated rings. The minimum Gasteiger partial charge on any atom is -0.423 e. The molecule has 0 unspecified atom stereocenters. The Bertz CT molecular complexity index is 1080. The molecule has 27 heavy (non-hydrogen) atoms. The van der Waals surface area contributed by atoms with Gasteiger partial charge in [0, 0.05) is 35.3 Å². The van der Waals surface area contributed by atoms with Gasteiger partial charge in [-0.15, -0.1) is 0 Å². The molecule has 7 heteroatoms. The van der Waals surface area contributed by atoms with E-state index in [0.717, 1.165) is 16.6 Å². The number of aryl methyl sites for hydroxylation is 1. The summed E-state index contributed by atoms with van der Waals surface area (Å²) >= 11 is 6.38. The van der Waals surface area contributed by atoms with Gasteiger partial charge in [-0.3, -0.25) is 9.48 Å². The maximum Gasteiger partial charge on any atom is 0.336 e. The third-order valence-electron chi connectivity index (χ3n) is 3.94. The van der Waals surface area contributed by atoms with E-state index in [1.54, 1.807) is 35.0 Å². The molecule has 3 aromatic rings. The van der Waals surface area contributed by atoms with Crippen LogP contribution in [0.3, 0.4) is 0 Å². The molecule has 2 aromatic heterocycles. The fourth-order valence-corrected chi connectivity index (χ4v) is 3.02. The highest BCUT2D eigenvalue weighted by molar-refractivity contribution is 6.31. The molecule has 0 aliphatic rings. The van der Waals surface area contributed by atoms with Crippen molar-refractivity contribution in [3.05, 3.63) is 63.2 Å². The maximum atomic E-state index is 12.2. The predicted octanol–water partition coefficient (Wildman–Crippen LogP) is 4.26. The molecule has 0 atom stereocenters. The van der Waals surface area contributed by atoms with Crippen molar-refractivity contribution in [2.24, 2.45) is 5.92 Å². The number of carbonyl (C=O) groups excluding carboxylic acids is 1. The van der Waals surface area contributed by atoms with Crippen LogP contribution in [0.2, 0.25) is 5.15 Å². The monoisotopic (exact) mass is 385 g/mol. The lowest BCUT2D eigenvalue weighted by Crippen LogP contribution is -2.07. The van der Waals surface area contributed by atoms with Gasteiger partial charge in [0.15, 0.2) is 0 Å². The second-order valence-electron chi connectivity index (χ2n) is 6.70. The summed E-state index contributed by atoms with van der Waals surface area (Å²) in [5.74, 6) is 0.123. The van der Waals surface area contributed by atoms with Gasteiger partial charge in [-0.1, -0.05) is 25.4 Å². The van der Waals surface area contributed by atoms with Gasteiger partial charge in [-0.25, -0.2) is 4.79 Å². The molecule has 0 radical (unpaired) electrons. The Balaban J connectivity index is 1.75. The lowest BCUT2D eigenvalue weighted by atomic mass is 10.2. The number of nitrogens with one attached hydrogen (secondary N) is 1. The molecule has 3 rings (SSSR count). The summed E-state index contributed by atoms with van der Waals surface area (Å²) in [5.41, 5.74) is 2.16. The number of amides is 1. The van der Waals surface area contributed by atoms with Crippen LogP contribution in [0, 0.1) is 12.8 Å². The topological polar surface area (TPSA) is 77.1 Å². The maximum absolute atomic E-state index is 12.2. The molecule has 6 nitrogen and oxygen atoms in total. The van der Waals surface area contributed by atoms with E-state index in [9.17, 15) is 9.59 Å². The minimum absolute atomic E-state index is 0.293. The number of fused-ring (bicyclic) bond motifs is 1. The minimum atomic E-state index is -0.410. The Morgan fingerprint density at radius 3 is 2.85 bits per heavy atom. The summed E-state index contributed by atoms with van der Waals surface area (Å²) in [5, 5.41) is 8.45. The number of carbonyl (C=O) groups is 1. The summed E-state index contributed by atoms with van der Waals surface area (Å²) in [6, 6.07) is 8.05. The first kappa shape index (κ1) is 18.9. The summed E-state index contributed by atoms with van der Waals surface area (Å²) in [4.78, 5) is 23.5. The van der Waals surface area contributed by atoms with Crippen molar-refractivity contribution in [3.8, 4) is 0 Å². The van der Waals surface area contributed by atoms with Gasteiger partial charge >= 0.3 is 5.63 Å². The molecule has 140 valence electrons. The number of hydrogen-bond acceptors (Lipinski definition) is 4. The zero-order chi connectivity index (χ0) is 19.6. The molecule has 1 N–H and O–H groups in total. The molecule has 0 aliphatic carbocycles. The van der Waals surface area contributed by atoms with Crippen molar-refractivity contribution in [2.75, 3.05) is 5.32 Å². The number of hydrogen-bond donors (Lipinski definition) is 1. The number of nitrogens with zero attached hydrogens (tertiary/aromatic N) is 2. The van der Waals surface area contributed by atoms with Crippen LogP contribution in [0.15, 0.2) is 45.6 Å². The molecular weight excluding hydrogens is 366 g/mol. The third-order valence-corrected chi connectivity index (χ3v) is 4.33. The van der Waals surface area contributed by atoms with Crippen molar-refractivity contribution in [1.82, 2.24) is 9.78 Å². The van der Waals surface area contributed by atoms with Crippen LogP contribution >= 0.6 is 11.6 Å². The molecule has 2 heterocycles. The molecule has 1 amide bonds. The highest BCUT2D eigenvalue weighted by Gasteiger charge is 2.12. The Kier molecular flexibility index (Phi) is 5.46. The van der Waals surface area contributed by atoms with E-state index in [4.69, 9.17) is 16.0 Å². The van der Waals surface area contributed by atoms with Crippen molar-refractivity contribution < 1.29 is 9.21 Å². The lowest BCUT2D eigenvalue weighted by molar-refractivity contribution is -0.111. The molecule has 0 saturated heterocycles. The van der Waals surface area contributed by atoms with Crippen LogP contribution in [0.1, 0.15) is 25.1 Å². The molecular formula is C20H20ClN3O3. The van der Waals surface area contributed by atoms with Crippen LogP contribution in [-0.2, 0) is 11.3 Å². The van der Waals surface area contributed by atoms with Gasteiger partial charge in [-0.2, -0.15) is 5.10 Å². The fraction of sp³-hybridized carbons (Fsp3) is 0.250. The number of benzene rings is 1. The zero-order valence-corrected chi connectivity index (χ0v) is 16.1. The van der Waals surface area contributed by atoms with Crippen LogP contribution in [0.4, 0.5) is 5.69 Å². The first-order chi connectivity index (χ1) is 12.8. The number of anilines is 1. The predicted molar refractivity (Wildman–Crippen MR) is 107 cm³/mol. The highest BCUT2D eigenvalue weighted by atomic mass is 35.5. The van der Waals surface area contributed by atoms with Gasteiger partial charge < -0.3 is 9.73 Å². The van der Waals surface area contributed by atoms with E-state index in [0.29, 0.717) is 28.9 Å². The van der Waals surface area contributed by atoms with Crippen LogP contribution in [0.5, 0.6) is 0 Å². The lowest BCUT2D eigenvalue weighted by Gasteiger charge is -2.05. The Hall–Kier alpha value is -2.86. The normalized spacial score (nSPS) is 11.6. The average molecular weight is 386 g/mol. The smallest absolute Gasteiger partial charge is 0.336 e. The Morgan fingerprint density at radius 1 is 1.33 bits per heavy atom. The number of rotatable bonds is 5. The van der Waals surface area contributed by atoms with Crippen molar-refractivity contribution in [1.29, 1.82) is 0 Å². The van der Waals surface area contributed by atoms with E-state index in [1.165, 1.54) is 12.1 Å². The second-order valence-corrected chi connectivity index (χ2v) is 7.05. The van der Waals surface area contributed by atoms with Crippen molar-refractivity contribution in [3.63, 3.8) is 0 Å². The molecule has 0 saturated carbocycles. The van der Waals surface area contributed by atoms with Gasteiger partial charge in [0.1, 0.15) is 10.7 Å². The summed E-state index contributed by atoms with van der Waals surface area (Å²) in [6.07, 6.45) is 3.09. The Labute approximate surface area is 161 Å². The van der Waals surface area contributed by atoms with Gasteiger partial charge in [0.25, 0.3) is 0 Å². The summed E-state index contributed by atoms with van der Waals surface area (Å²) < 4.78 is 6.82. The van der Waals surface area contributed by atoms with Gasteiger partial charge in [0.05, 0.1) is 5.69 Å². The standard InChI is InChI=1S/C20H20ClN3O3/c1-12(2)11-24-20(21)16(13(3)23-24)6-8-18(25)22-15-5-7-17-14(10-15)4-9-19(26)27-17/h4-10,12H,11H2,1-3H3,(H,22,25)/b8-6+. The average Bonchev–Trinajstić information content (AvgIpc) is 2.86. The van der Waals surface area contributed by atoms with Gasteiger partial charge in [0.2, 0.25) is 5.91 Å². The van der Waals surface area contributed by atoms with E-state index < -0.39 is 5.63 Å². The van der Waals surface area contributed by atoms with Crippen LogP contribution < -0.4 is 10.9 Å². The van der Waals surface area contributed by atoms with Crippen LogP contribution in [0.25, 0.3) is 17.0 Å². The molecule has 0 spiro atoms. The van der Waals surface area contributed by atoms with Crippen molar-refractivity contribution >= 4 is 40.2 Å². The van der Waals surface area contributed by atoms with Gasteiger partial charge in [-0.05, 0) is 43.2 Å². The second kappa shape index (κ2) is 7.80. The molecule has 0 aliphatic heterocycles. The fourth-order valence-electron chi connectivity index (χ4n) is 2.72. The first-order valence-corrected chi connectivity index (χ1v) is 8.97.